The second kappa shape index (κ2) is 11.1. The number of carbonyl (C=O) groups is 3. The molecule has 0 atom stereocenters. The van der Waals surface area contributed by atoms with Gasteiger partial charge in [0.15, 0.2) is 0 Å². The van der Waals surface area contributed by atoms with Crippen molar-refractivity contribution in [2.75, 3.05) is 13.2 Å². The summed E-state index contributed by atoms with van der Waals surface area (Å²) in [6.07, 6.45) is 6.20. The Morgan fingerprint density at radius 1 is 0.946 bits per heavy atom. The van der Waals surface area contributed by atoms with Gasteiger partial charge in [-0.1, -0.05) is 39.5 Å². The summed E-state index contributed by atoms with van der Waals surface area (Å²) in [6.45, 7) is 12.9. The van der Waals surface area contributed by atoms with E-state index in [9.17, 15) is 14.4 Å². The Kier molecular flexibility index (Phi) is 8.05. The number of unbranched alkanes of at least 4 members (excludes halogenated alkanes) is 2. The summed E-state index contributed by atoms with van der Waals surface area (Å²) in [5, 5.41) is 1.49. The van der Waals surface area contributed by atoms with E-state index in [4.69, 9.17) is 9.47 Å². The maximum absolute atomic E-state index is 13.6. The van der Waals surface area contributed by atoms with E-state index >= 15 is 0 Å². The fraction of sp³-hybridized carbons (Fsp3) is 0.516. The molecule has 0 spiro atoms. The Bertz CT molecular complexity index is 1180. The van der Waals surface area contributed by atoms with E-state index in [1.54, 1.807) is 13.0 Å². The molecule has 198 valence electrons. The van der Waals surface area contributed by atoms with Crippen molar-refractivity contribution in [3.63, 3.8) is 0 Å². The van der Waals surface area contributed by atoms with Gasteiger partial charge >= 0.3 is 5.97 Å². The third-order valence-electron chi connectivity index (χ3n) is 7.81. The zero-order valence-electron chi connectivity index (χ0n) is 22.6. The molecule has 4 rings (SSSR count). The first kappa shape index (κ1) is 26.9. The second-order valence-electron chi connectivity index (χ2n) is 11.5. The molecule has 0 N–H and O–H groups in total. The highest BCUT2D eigenvalue weighted by Crippen LogP contribution is 2.42. The van der Waals surface area contributed by atoms with E-state index < -0.39 is 0 Å². The summed E-state index contributed by atoms with van der Waals surface area (Å²) in [7, 11) is 0. The first-order valence-corrected chi connectivity index (χ1v) is 13.5. The Morgan fingerprint density at radius 3 is 2.24 bits per heavy atom. The molecule has 1 aliphatic heterocycles. The van der Waals surface area contributed by atoms with E-state index in [0.29, 0.717) is 47.0 Å². The molecule has 6 nitrogen and oxygen atoms in total. The normalized spacial score (nSPS) is 19.7. The largest absolute Gasteiger partial charge is 0.493 e. The van der Waals surface area contributed by atoms with Gasteiger partial charge in [-0.3, -0.25) is 14.5 Å². The van der Waals surface area contributed by atoms with E-state index in [0.717, 1.165) is 50.3 Å². The van der Waals surface area contributed by atoms with E-state index in [1.807, 2.05) is 24.3 Å². The predicted molar refractivity (Wildman–Crippen MR) is 145 cm³/mol. The fourth-order valence-electron chi connectivity index (χ4n) is 5.60. The fourth-order valence-corrected chi connectivity index (χ4v) is 5.60. The molecule has 2 amide bonds. The average molecular weight is 506 g/mol. The van der Waals surface area contributed by atoms with Gasteiger partial charge in [0.25, 0.3) is 11.8 Å². The monoisotopic (exact) mass is 505 g/mol. The Balaban J connectivity index is 1.42. The molecular weight excluding hydrogens is 466 g/mol. The van der Waals surface area contributed by atoms with E-state index in [-0.39, 0.29) is 29.2 Å². The number of rotatable bonds is 9. The average Bonchev–Trinajstić information content (AvgIpc) is 2.86. The predicted octanol–water partition coefficient (Wildman–Crippen LogP) is 6.71. The maximum atomic E-state index is 13.6. The van der Waals surface area contributed by atoms with Crippen molar-refractivity contribution in [2.45, 2.75) is 78.7 Å². The van der Waals surface area contributed by atoms with Gasteiger partial charge in [0, 0.05) is 33.5 Å². The molecule has 2 aromatic carbocycles. The minimum atomic E-state index is -0.361. The van der Waals surface area contributed by atoms with Crippen molar-refractivity contribution in [3.05, 3.63) is 53.6 Å². The molecular formula is C31H39NO5. The lowest BCUT2D eigenvalue weighted by atomic mass is 9.71. The Labute approximate surface area is 220 Å². The van der Waals surface area contributed by atoms with Gasteiger partial charge in [-0.15, -0.1) is 0 Å². The number of imide groups is 1. The van der Waals surface area contributed by atoms with Crippen LogP contribution in [0.3, 0.4) is 0 Å². The van der Waals surface area contributed by atoms with Crippen molar-refractivity contribution >= 4 is 28.6 Å². The molecule has 0 saturated heterocycles. The molecule has 0 aromatic heterocycles. The minimum absolute atomic E-state index is 0.0485. The van der Waals surface area contributed by atoms with Crippen LogP contribution < -0.4 is 4.74 Å². The quantitative estimate of drug-likeness (QED) is 0.164. The highest BCUT2D eigenvalue weighted by Gasteiger charge is 2.40. The number of carbonyl (C=O) groups excluding carboxylic acids is 3. The van der Waals surface area contributed by atoms with Crippen LogP contribution in [-0.2, 0) is 9.53 Å². The van der Waals surface area contributed by atoms with Crippen molar-refractivity contribution in [2.24, 2.45) is 11.3 Å². The highest BCUT2D eigenvalue weighted by molar-refractivity contribution is 6.26. The van der Waals surface area contributed by atoms with Gasteiger partial charge in [-0.05, 0) is 81.4 Å². The summed E-state index contributed by atoms with van der Waals surface area (Å²) in [6, 6.07) is 9.21. The molecule has 1 fully saturated rings. The Hall–Kier alpha value is -3.15. The van der Waals surface area contributed by atoms with Crippen molar-refractivity contribution < 1.29 is 23.9 Å². The van der Waals surface area contributed by atoms with Crippen LogP contribution in [0.25, 0.3) is 10.8 Å². The summed E-state index contributed by atoms with van der Waals surface area (Å²) in [5.74, 6) is 0.544. The van der Waals surface area contributed by atoms with Crippen LogP contribution in [0.4, 0.5) is 0 Å². The third kappa shape index (κ3) is 5.73. The van der Waals surface area contributed by atoms with Crippen LogP contribution in [0.15, 0.2) is 42.5 Å². The first-order valence-electron chi connectivity index (χ1n) is 13.5. The molecule has 6 heteroatoms. The molecule has 0 radical (unpaired) electrons. The van der Waals surface area contributed by atoms with Crippen molar-refractivity contribution in [1.29, 1.82) is 0 Å². The number of hydrogen-bond donors (Lipinski definition) is 0. The third-order valence-corrected chi connectivity index (χ3v) is 7.81. The Morgan fingerprint density at radius 2 is 1.59 bits per heavy atom. The van der Waals surface area contributed by atoms with E-state index in [1.165, 1.54) is 4.90 Å². The number of esters is 1. The number of ether oxygens (including phenoxy) is 2. The summed E-state index contributed by atoms with van der Waals surface area (Å²) in [4.78, 5) is 40.1. The lowest BCUT2D eigenvalue weighted by molar-refractivity contribution is -0.139. The van der Waals surface area contributed by atoms with Gasteiger partial charge in [-0.25, -0.2) is 4.79 Å². The molecule has 0 unspecified atom stereocenters. The zero-order chi connectivity index (χ0) is 26.7. The maximum Gasteiger partial charge on any atom is 0.333 e. The molecule has 1 heterocycles. The summed E-state index contributed by atoms with van der Waals surface area (Å²) in [5.41, 5.74) is 1.80. The van der Waals surface area contributed by atoms with Gasteiger partial charge in [0.05, 0.1) is 13.2 Å². The summed E-state index contributed by atoms with van der Waals surface area (Å²) >= 11 is 0. The number of benzene rings is 2. The van der Waals surface area contributed by atoms with Crippen LogP contribution in [0.2, 0.25) is 0 Å². The smallest absolute Gasteiger partial charge is 0.333 e. The van der Waals surface area contributed by atoms with Crippen molar-refractivity contribution in [1.82, 2.24) is 4.90 Å². The molecule has 0 bridgehead atoms. The van der Waals surface area contributed by atoms with E-state index in [2.05, 4.69) is 27.4 Å². The van der Waals surface area contributed by atoms with Crippen molar-refractivity contribution in [3.8, 4) is 5.75 Å². The summed E-state index contributed by atoms with van der Waals surface area (Å²) < 4.78 is 11.2. The first-order chi connectivity index (χ1) is 17.6. The molecule has 1 saturated carbocycles. The molecule has 1 aliphatic carbocycles. The number of hydrogen-bond acceptors (Lipinski definition) is 5. The topological polar surface area (TPSA) is 72.9 Å². The number of nitrogens with zero attached hydrogens (tertiary/aromatic N) is 1. The zero-order valence-corrected chi connectivity index (χ0v) is 22.6. The lowest BCUT2D eigenvalue weighted by Crippen LogP contribution is -2.49. The van der Waals surface area contributed by atoms with Gasteiger partial charge in [0.1, 0.15) is 5.75 Å². The number of amides is 2. The van der Waals surface area contributed by atoms with Gasteiger partial charge in [0.2, 0.25) is 0 Å². The van der Waals surface area contributed by atoms with Gasteiger partial charge in [-0.2, -0.15) is 0 Å². The second-order valence-corrected chi connectivity index (χ2v) is 11.5. The van der Waals surface area contributed by atoms with Gasteiger partial charge < -0.3 is 9.47 Å². The molecule has 2 aromatic rings. The standard InChI is InChI=1S/C31H39NO5/c1-20(2)30(35)37-19-8-6-7-18-36-26-17-16-25-27-23(26)10-9-11-24(27)28(33)32(29(25)34)22-14-12-21(13-15-22)31(3,4)5/h9-11,16-17,21-22H,1,6-8,12-15,18-19H2,2-5H3. The van der Waals surface area contributed by atoms with Crippen LogP contribution in [0, 0.1) is 11.3 Å². The molecule has 37 heavy (non-hydrogen) atoms. The SMILES string of the molecule is C=C(C)C(=O)OCCCCCOc1ccc2c3c(cccc13)C(=O)N(C1CCC(C(C)(C)C)CC1)C2=O. The van der Waals surface area contributed by atoms with Crippen LogP contribution in [0.1, 0.15) is 93.4 Å². The van der Waals surface area contributed by atoms with Crippen LogP contribution >= 0.6 is 0 Å². The molecule has 2 aliphatic rings. The van der Waals surface area contributed by atoms with Crippen LogP contribution in [-0.4, -0.2) is 41.9 Å². The highest BCUT2D eigenvalue weighted by atomic mass is 16.5. The van der Waals surface area contributed by atoms with Crippen LogP contribution in [0.5, 0.6) is 5.75 Å². The minimum Gasteiger partial charge on any atom is -0.493 e. The lowest BCUT2D eigenvalue weighted by Gasteiger charge is -2.41.